The Morgan fingerprint density at radius 2 is 1.95 bits per heavy atom. The molecule has 5 nitrogen and oxygen atoms in total. The molecule has 0 saturated heterocycles. The molecule has 1 aliphatic carbocycles. The molecule has 1 aromatic carbocycles. The standard InChI is InChI=1S/C14H18BrN3O2/c15-11-4-1-3-10(9-11)12(19)17-7-2-8-18-13(20)14(16)5-6-14/h1,3-4,9H,2,5-8,16H2,(H,17,19)(H,18,20). The minimum absolute atomic E-state index is 0.0872. The summed E-state index contributed by atoms with van der Waals surface area (Å²) in [4.78, 5) is 23.4. The van der Waals surface area contributed by atoms with Gasteiger partial charge in [-0.3, -0.25) is 9.59 Å². The number of rotatable bonds is 6. The van der Waals surface area contributed by atoms with Gasteiger partial charge in [0.15, 0.2) is 0 Å². The van der Waals surface area contributed by atoms with E-state index in [9.17, 15) is 9.59 Å². The number of carbonyl (C=O) groups excluding carboxylic acids is 2. The van der Waals surface area contributed by atoms with Crippen molar-refractivity contribution in [2.75, 3.05) is 13.1 Å². The van der Waals surface area contributed by atoms with Gasteiger partial charge in [0.2, 0.25) is 5.91 Å². The van der Waals surface area contributed by atoms with Crippen molar-refractivity contribution in [1.29, 1.82) is 0 Å². The van der Waals surface area contributed by atoms with Crippen LogP contribution in [0.1, 0.15) is 29.6 Å². The topological polar surface area (TPSA) is 84.2 Å². The van der Waals surface area contributed by atoms with Crippen LogP contribution in [0.4, 0.5) is 0 Å². The number of amides is 2. The molecule has 0 unspecified atom stereocenters. The maximum atomic E-state index is 11.8. The lowest BCUT2D eigenvalue weighted by Crippen LogP contribution is -2.43. The molecule has 1 fully saturated rings. The highest BCUT2D eigenvalue weighted by molar-refractivity contribution is 9.10. The van der Waals surface area contributed by atoms with E-state index in [0.717, 1.165) is 17.3 Å². The Hall–Kier alpha value is -1.40. The van der Waals surface area contributed by atoms with Crippen LogP contribution in [-0.2, 0) is 4.79 Å². The summed E-state index contributed by atoms with van der Waals surface area (Å²) >= 11 is 3.32. The van der Waals surface area contributed by atoms with E-state index in [4.69, 9.17) is 5.73 Å². The fourth-order valence-corrected chi connectivity index (χ4v) is 2.16. The van der Waals surface area contributed by atoms with E-state index in [1.54, 1.807) is 12.1 Å². The summed E-state index contributed by atoms with van der Waals surface area (Å²) in [6.45, 7) is 1.04. The van der Waals surface area contributed by atoms with E-state index in [-0.39, 0.29) is 11.8 Å². The van der Waals surface area contributed by atoms with Gasteiger partial charge >= 0.3 is 0 Å². The average Bonchev–Trinajstić information content (AvgIpc) is 3.17. The van der Waals surface area contributed by atoms with Gasteiger partial charge in [-0.15, -0.1) is 0 Å². The third-order valence-electron chi connectivity index (χ3n) is 3.25. The monoisotopic (exact) mass is 339 g/mol. The van der Waals surface area contributed by atoms with E-state index >= 15 is 0 Å². The molecule has 6 heteroatoms. The summed E-state index contributed by atoms with van der Waals surface area (Å²) in [5.74, 6) is -0.203. The van der Waals surface area contributed by atoms with Crippen molar-refractivity contribution in [2.45, 2.75) is 24.8 Å². The first kappa shape index (κ1) is 15.0. The second-order valence-corrected chi connectivity index (χ2v) is 5.95. The van der Waals surface area contributed by atoms with Crippen LogP contribution >= 0.6 is 15.9 Å². The van der Waals surface area contributed by atoms with Crippen molar-refractivity contribution in [2.24, 2.45) is 5.73 Å². The lowest BCUT2D eigenvalue weighted by molar-refractivity contribution is -0.123. The molecule has 20 heavy (non-hydrogen) atoms. The van der Waals surface area contributed by atoms with Gasteiger partial charge in [-0.05, 0) is 37.5 Å². The first-order chi connectivity index (χ1) is 9.51. The number of nitrogens with one attached hydrogen (secondary N) is 2. The zero-order valence-corrected chi connectivity index (χ0v) is 12.7. The van der Waals surface area contributed by atoms with Gasteiger partial charge in [0.1, 0.15) is 0 Å². The van der Waals surface area contributed by atoms with Gasteiger partial charge < -0.3 is 16.4 Å². The average molecular weight is 340 g/mol. The first-order valence-corrected chi connectivity index (χ1v) is 7.41. The number of hydrogen-bond donors (Lipinski definition) is 3. The third-order valence-corrected chi connectivity index (χ3v) is 3.75. The Balaban J connectivity index is 1.63. The predicted octanol–water partition coefficient (Wildman–Crippen LogP) is 1.18. The van der Waals surface area contributed by atoms with Gasteiger partial charge in [0.05, 0.1) is 5.54 Å². The largest absolute Gasteiger partial charge is 0.354 e. The molecular formula is C14H18BrN3O2. The molecular weight excluding hydrogens is 322 g/mol. The fourth-order valence-electron chi connectivity index (χ4n) is 1.76. The summed E-state index contributed by atoms with van der Waals surface area (Å²) < 4.78 is 0.870. The number of halogens is 1. The highest BCUT2D eigenvalue weighted by atomic mass is 79.9. The number of hydrogen-bond acceptors (Lipinski definition) is 3. The lowest BCUT2D eigenvalue weighted by Gasteiger charge is -2.10. The summed E-state index contributed by atoms with van der Waals surface area (Å²) in [6.07, 6.45) is 2.21. The van der Waals surface area contributed by atoms with E-state index < -0.39 is 5.54 Å². The molecule has 0 bridgehead atoms. The molecule has 0 spiro atoms. The molecule has 0 aliphatic heterocycles. The van der Waals surface area contributed by atoms with Crippen molar-refractivity contribution in [3.05, 3.63) is 34.3 Å². The molecule has 0 radical (unpaired) electrons. The fraction of sp³-hybridized carbons (Fsp3) is 0.429. The van der Waals surface area contributed by atoms with E-state index in [2.05, 4.69) is 26.6 Å². The number of nitrogens with two attached hydrogens (primary N) is 1. The van der Waals surface area contributed by atoms with Crippen molar-refractivity contribution in [3.63, 3.8) is 0 Å². The molecule has 1 aliphatic rings. The third kappa shape index (κ3) is 4.05. The molecule has 0 atom stereocenters. The van der Waals surface area contributed by atoms with Crippen LogP contribution in [0, 0.1) is 0 Å². The maximum Gasteiger partial charge on any atom is 0.251 e. The van der Waals surface area contributed by atoms with E-state index in [1.165, 1.54) is 0 Å². The summed E-state index contributed by atoms with van der Waals surface area (Å²) in [5, 5.41) is 5.60. The second kappa shape index (κ2) is 6.37. The van der Waals surface area contributed by atoms with E-state index in [1.807, 2.05) is 12.1 Å². The Morgan fingerprint density at radius 1 is 1.25 bits per heavy atom. The first-order valence-electron chi connectivity index (χ1n) is 6.62. The Labute approximate surface area is 126 Å². The number of carbonyl (C=O) groups is 2. The predicted molar refractivity (Wildman–Crippen MR) is 80.3 cm³/mol. The minimum Gasteiger partial charge on any atom is -0.354 e. The second-order valence-electron chi connectivity index (χ2n) is 5.03. The lowest BCUT2D eigenvalue weighted by atomic mass is 10.2. The summed E-state index contributed by atoms with van der Waals surface area (Å²) in [5.41, 5.74) is 5.74. The van der Waals surface area contributed by atoms with Crippen molar-refractivity contribution in [1.82, 2.24) is 10.6 Å². The van der Waals surface area contributed by atoms with Crippen LogP contribution in [0.3, 0.4) is 0 Å². The van der Waals surface area contributed by atoms with Crippen LogP contribution in [0.2, 0.25) is 0 Å². The van der Waals surface area contributed by atoms with Crippen LogP contribution in [0.25, 0.3) is 0 Å². The maximum absolute atomic E-state index is 11.8. The van der Waals surface area contributed by atoms with Crippen LogP contribution < -0.4 is 16.4 Å². The van der Waals surface area contributed by atoms with Gasteiger partial charge in [-0.25, -0.2) is 0 Å². The summed E-state index contributed by atoms with van der Waals surface area (Å²) in [7, 11) is 0. The highest BCUT2D eigenvalue weighted by Gasteiger charge is 2.45. The van der Waals surface area contributed by atoms with Gasteiger partial charge in [-0.2, -0.15) is 0 Å². The van der Waals surface area contributed by atoms with Gasteiger partial charge in [-0.1, -0.05) is 22.0 Å². The zero-order chi connectivity index (χ0) is 14.6. The quantitative estimate of drug-likeness (QED) is 0.680. The Kier molecular flexibility index (Phi) is 4.77. The van der Waals surface area contributed by atoms with Crippen molar-refractivity contribution in [3.8, 4) is 0 Å². The van der Waals surface area contributed by atoms with Gasteiger partial charge in [0, 0.05) is 23.1 Å². The normalized spacial score (nSPS) is 15.5. The van der Waals surface area contributed by atoms with Gasteiger partial charge in [0.25, 0.3) is 5.91 Å². The summed E-state index contributed by atoms with van der Waals surface area (Å²) in [6, 6.07) is 7.21. The molecule has 4 N–H and O–H groups in total. The molecule has 1 aromatic rings. The van der Waals surface area contributed by atoms with Crippen LogP contribution in [0.5, 0.6) is 0 Å². The van der Waals surface area contributed by atoms with Crippen molar-refractivity contribution >= 4 is 27.7 Å². The minimum atomic E-state index is -0.625. The number of benzene rings is 1. The van der Waals surface area contributed by atoms with Crippen LogP contribution in [-0.4, -0.2) is 30.4 Å². The van der Waals surface area contributed by atoms with Crippen LogP contribution in [0.15, 0.2) is 28.7 Å². The molecule has 108 valence electrons. The highest BCUT2D eigenvalue weighted by Crippen LogP contribution is 2.31. The Morgan fingerprint density at radius 3 is 2.60 bits per heavy atom. The van der Waals surface area contributed by atoms with E-state index in [0.29, 0.717) is 25.1 Å². The Bertz CT molecular complexity index is 515. The molecule has 1 saturated carbocycles. The SMILES string of the molecule is NC1(C(=O)NCCCNC(=O)c2cccc(Br)c2)CC1. The zero-order valence-electron chi connectivity index (χ0n) is 11.1. The molecule has 0 heterocycles. The smallest absolute Gasteiger partial charge is 0.251 e. The van der Waals surface area contributed by atoms with Crippen molar-refractivity contribution < 1.29 is 9.59 Å². The molecule has 0 aromatic heterocycles. The molecule has 2 amide bonds. The molecule has 2 rings (SSSR count).